The van der Waals surface area contributed by atoms with E-state index in [1.165, 1.54) is 11.1 Å². The van der Waals surface area contributed by atoms with Crippen molar-refractivity contribution in [1.29, 1.82) is 0 Å². The maximum absolute atomic E-state index is 9.85. The van der Waals surface area contributed by atoms with Gasteiger partial charge in [-0.3, -0.25) is 4.90 Å². The first-order chi connectivity index (χ1) is 7.15. The van der Waals surface area contributed by atoms with Gasteiger partial charge in [0, 0.05) is 12.6 Å². The summed E-state index contributed by atoms with van der Waals surface area (Å²) in [5, 5.41) is 9.85. The maximum Gasteiger partial charge on any atom is 0.0805 e. The van der Waals surface area contributed by atoms with E-state index in [1.807, 2.05) is 6.92 Å². The van der Waals surface area contributed by atoms with Crippen LogP contribution >= 0.6 is 0 Å². The lowest BCUT2D eigenvalue weighted by molar-refractivity contribution is 0.181. The Morgan fingerprint density at radius 1 is 1.53 bits per heavy atom. The number of hydrogen-bond donors (Lipinski definition) is 1. The molecule has 0 aromatic carbocycles. The quantitative estimate of drug-likeness (QED) is 0.706. The van der Waals surface area contributed by atoms with Crippen molar-refractivity contribution in [3.8, 4) is 0 Å². The highest BCUT2D eigenvalue weighted by atomic mass is 16.3. The summed E-state index contributed by atoms with van der Waals surface area (Å²) in [4.78, 5) is 2.32. The Morgan fingerprint density at radius 3 is 2.93 bits per heavy atom. The summed E-state index contributed by atoms with van der Waals surface area (Å²) in [5.74, 6) is 0. The molecule has 1 aliphatic heterocycles. The number of fused-ring (bicyclic) bond motifs is 1. The summed E-state index contributed by atoms with van der Waals surface area (Å²) in [7, 11) is 2.13. The predicted molar refractivity (Wildman–Crippen MR) is 62.6 cm³/mol. The zero-order valence-corrected chi connectivity index (χ0v) is 9.53. The molecule has 1 saturated carbocycles. The molecule has 2 nitrogen and oxygen atoms in total. The smallest absolute Gasteiger partial charge is 0.0805 e. The van der Waals surface area contributed by atoms with Crippen LogP contribution < -0.4 is 0 Å². The SMILES string of the molecule is C=C1C2=C(/C=C\C)CCN(C)C2CC1O. The van der Waals surface area contributed by atoms with Crippen molar-refractivity contribution in [3.05, 3.63) is 35.5 Å². The number of hydrogen-bond acceptors (Lipinski definition) is 2. The number of aliphatic hydroxyl groups is 1. The third kappa shape index (κ3) is 1.68. The molecule has 0 spiro atoms. The number of nitrogens with zero attached hydrogens (tertiary/aromatic N) is 1. The van der Waals surface area contributed by atoms with E-state index in [4.69, 9.17) is 0 Å². The average molecular weight is 205 g/mol. The van der Waals surface area contributed by atoms with Gasteiger partial charge < -0.3 is 5.11 Å². The summed E-state index contributed by atoms with van der Waals surface area (Å²) in [5.41, 5.74) is 3.58. The van der Waals surface area contributed by atoms with Gasteiger partial charge in [-0.1, -0.05) is 18.7 Å². The molecule has 2 atom stereocenters. The van der Waals surface area contributed by atoms with Crippen molar-refractivity contribution in [2.24, 2.45) is 0 Å². The van der Waals surface area contributed by atoms with Gasteiger partial charge in [-0.2, -0.15) is 0 Å². The molecule has 0 aromatic heterocycles. The van der Waals surface area contributed by atoms with Crippen LogP contribution in [-0.2, 0) is 0 Å². The summed E-state index contributed by atoms with van der Waals surface area (Å²) < 4.78 is 0. The van der Waals surface area contributed by atoms with Gasteiger partial charge in [0.15, 0.2) is 0 Å². The van der Waals surface area contributed by atoms with Gasteiger partial charge in [0.05, 0.1) is 6.10 Å². The highest BCUT2D eigenvalue weighted by Gasteiger charge is 2.37. The highest BCUT2D eigenvalue weighted by molar-refractivity contribution is 5.49. The van der Waals surface area contributed by atoms with Crippen molar-refractivity contribution in [3.63, 3.8) is 0 Å². The van der Waals surface area contributed by atoms with Crippen molar-refractivity contribution in [1.82, 2.24) is 4.90 Å². The Morgan fingerprint density at radius 2 is 2.27 bits per heavy atom. The van der Waals surface area contributed by atoms with Gasteiger partial charge in [-0.15, -0.1) is 0 Å². The monoisotopic (exact) mass is 205 g/mol. The number of likely N-dealkylation sites (N-methyl/N-ethyl adjacent to an activating group) is 1. The van der Waals surface area contributed by atoms with E-state index in [0.29, 0.717) is 6.04 Å². The van der Waals surface area contributed by atoms with Crippen LogP contribution in [0.15, 0.2) is 35.5 Å². The zero-order valence-electron chi connectivity index (χ0n) is 9.53. The van der Waals surface area contributed by atoms with E-state index in [9.17, 15) is 5.11 Å². The first-order valence-electron chi connectivity index (χ1n) is 5.58. The van der Waals surface area contributed by atoms with E-state index >= 15 is 0 Å². The molecule has 2 heteroatoms. The zero-order chi connectivity index (χ0) is 11.0. The van der Waals surface area contributed by atoms with E-state index in [0.717, 1.165) is 25.0 Å². The van der Waals surface area contributed by atoms with E-state index < -0.39 is 0 Å². The topological polar surface area (TPSA) is 23.5 Å². The van der Waals surface area contributed by atoms with E-state index in [1.54, 1.807) is 0 Å². The highest BCUT2D eigenvalue weighted by Crippen LogP contribution is 2.39. The molecule has 0 aromatic rings. The fraction of sp³-hybridized carbons (Fsp3) is 0.538. The van der Waals surface area contributed by atoms with Gasteiger partial charge in [0.2, 0.25) is 0 Å². The Bertz CT molecular complexity index is 340. The minimum atomic E-state index is -0.342. The van der Waals surface area contributed by atoms with Crippen LogP contribution in [0.1, 0.15) is 19.8 Å². The molecule has 1 N–H and O–H groups in total. The first kappa shape index (κ1) is 10.7. The van der Waals surface area contributed by atoms with E-state index in [2.05, 4.69) is 30.7 Å². The van der Waals surface area contributed by atoms with Crippen LogP contribution in [0.3, 0.4) is 0 Å². The van der Waals surface area contributed by atoms with Crippen molar-refractivity contribution < 1.29 is 5.11 Å². The molecule has 0 saturated heterocycles. The van der Waals surface area contributed by atoms with Gasteiger partial charge in [0.25, 0.3) is 0 Å². The second-order valence-corrected chi connectivity index (χ2v) is 4.46. The molecular formula is C13H19NO. The lowest BCUT2D eigenvalue weighted by atomic mass is 9.93. The minimum Gasteiger partial charge on any atom is -0.388 e. The molecule has 2 aliphatic rings. The third-order valence-electron chi connectivity index (χ3n) is 3.51. The van der Waals surface area contributed by atoms with Crippen LogP contribution in [0.5, 0.6) is 0 Å². The molecule has 15 heavy (non-hydrogen) atoms. The molecule has 2 unspecified atom stereocenters. The number of rotatable bonds is 1. The van der Waals surface area contributed by atoms with Crippen molar-refractivity contribution in [2.45, 2.75) is 31.9 Å². The molecule has 0 amide bonds. The van der Waals surface area contributed by atoms with Crippen LogP contribution in [0.25, 0.3) is 0 Å². The average Bonchev–Trinajstić information content (AvgIpc) is 2.50. The molecule has 1 heterocycles. The molecule has 1 fully saturated rings. The van der Waals surface area contributed by atoms with Gasteiger partial charge >= 0.3 is 0 Å². The standard InChI is InChI=1S/C13H19NO/c1-4-5-10-6-7-14(3)11-8-12(15)9(2)13(10)11/h4-5,11-12,15H,2,6-8H2,1,3H3/b5-4-. The second kappa shape index (κ2) is 3.95. The molecule has 1 aliphatic carbocycles. The number of aliphatic hydroxyl groups excluding tert-OH is 1. The van der Waals surface area contributed by atoms with Crippen molar-refractivity contribution in [2.75, 3.05) is 13.6 Å². The predicted octanol–water partition coefficient (Wildman–Crippen LogP) is 1.88. The van der Waals surface area contributed by atoms with Gasteiger partial charge in [0.1, 0.15) is 0 Å². The summed E-state index contributed by atoms with van der Waals surface area (Å²) in [6.45, 7) is 7.13. The normalized spacial score (nSPS) is 32.9. The van der Waals surface area contributed by atoms with Gasteiger partial charge in [-0.25, -0.2) is 0 Å². The Kier molecular flexibility index (Phi) is 2.81. The number of allylic oxidation sites excluding steroid dienone is 2. The van der Waals surface area contributed by atoms with Gasteiger partial charge in [-0.05, 0) is 43.5 Å². The Hall–Kier alpha value is -0.860. The molecule has 0 bridgehead atoms. The largest absolute Gasteiger partial charge is 0.388 e. The maximum atomic E-state index is 9.85. The third-order valence-corrected chi connectivity index (χ3v) is 3.51. The summed E-state index contributed by atoms with van der Waals surface area (Å²) >= 11 is 0. The summed E-state index contributed by atoms with van der Waals surface area (Å²) in [6, 6.07) is 0.382. The van der Waals surface area contributed by atoms with Crippen LogP contribution in [0, 0.1) is 0 Å². The molecule has 0 radical (unpaired) electrons. The summed E-state index contributed by atoms with van der Waals surface area (Å²) in [6.07, 6.45) is 5.77. The Labute approximate surface area is 91.6 Å². The van der Waals surface area contributed by atoms with E-state index in [-0.39, 0.29) is 6.10 Å². The fourth-order valence-corrected chi connectivity index (χ4v) is 2.65. The Balaban J connectivity index is 2.43. The molecule has 2 rings (SSSR count). The van der Waals surface area contributed by atoms with Crippen LogP contribution in [0.4, 0.5) is 0 Å². The second-order valence-electron chi connectivity index (χ2n) is 4.46. The first-order valence-corrected chi connectivity index (χ1v) is 5.58. The molecular weight excluding hydrogens is 186 g/mol. The van der Waals surface area contributed by atoms with Crippen LogP contribution in [-0.4, -0.2) is 35.7 Å². The van der Waals surface area contributed by atoms with Crippen LogP contribution in [0.2, 0.25) is 0 Å². The lowest BCUT2D eigenvalue weighted by Gasteiger charge is -2.31. The molecule has 82 valence electrons. The van der Waals surface area contributed by atoms with Crippen molar-refractivity contribution >= 4 is 0 Å². The lowest BCUT2D eigenvalue weighted by Crippen LogP contribution is -2.35. The fourth-order valence-electron chi connectivity index (χ4n) is 2.65. The minimum absolute atomic E-state index is 0.342.